The highest BCUT2D eigenvalue weighted by Crippen LogP contribution is 2.24. The number of ether oxygens (including phenoxy) is 2. The third-order valence-corrected chi connectivity index (χ3v) is 5.41. The van der Waals surface area contributed by atoms with Crippen molar-refractivity contribution >= 4 is 45.0 Å². The number of amides is 1. The average molecular weight is 419 g/mol. The van der Waals surface area contributed by atoms with Gasteiger partial charge in [0.25, 0.3) is 5.91 Å². The van der Waals surface area contributed by atoms with Crippen molar-refractivity contribution in [3.05, 3.63) is 57.9 Å². The standard InChI is InChI=1S/C20H19ClN2O4S/c1-3-27-18(24)10-11-23-16-9-8-13(26-2)12-17(16)28-20(23)22-19(25)14-6-4-5-7-15(14)21/h4-9,12H,3,10-11H2,1-2H3. The lowest BCUT2D eigenvalue weighted by Gasteiger charge is -2.06. The van der Waals surface area contributed by atoms with Crippen LogP contribution in [-0.4, -0.2) is 30.2 Å². The number of carbonyl (C=O) groups is 2. The Balaban J connectivity index is 2.06. The van der Waals surface area contributed by atoms with Crippen LogP contribution in [0.25, 0.3) is 10.2 Å². The van der Waals surface area contributed by atoms with Crippen molar-refractivity contribution in [2.45, 2.75) is 19.9 Å². The molecular weight excluding hydrogens is 400 g/mol. The van der Waals surface area contributed by atoms with E-state index in [4.69, 9.17) is 21.1 Å². The van der Waals surface area contributed by atoms with Crippen LogP contribution >= 0.6 is 22.9 Å². The van der Waals surface area contributed by atoms with Crippen LogP contribution in [0.4, 0.5) is 0 Å². The Kier molecular flexibility index (Phi) is 6.49. The van der Waals surface area contributed by atoms with Crippen molar-refractivity contribution in [1.29, 1.82) is 0 Å². The number of thiazole rings is 1. The summed E-state index contributed by atoms with van der Waals surface area (Å²) in [7, 11) is 1.59. The van der Waals surface area contributed by atoms with Gasteiger partial charge in [-0.15, -0.1) is 0 Å². The predicted molar refractivity (Wildman–Crippen MR) is 109 cm³/mol. The number of benzene rings is 2. The normalized spacial score (nSPS) is 11.6. The Morgan fingerprint density at radius 3 is 2.71 bits per heavy atom. The molecule has 0 radical (unpaired) electrons. The van der Waals surface area contributed by atoms with Gasteiger partial charge in [0.1, 0.15) is 5.75 Å². The lowest BCUT2D eigenvalue weighted by molar-refractivity contribution is -0.143. The molecule has 3 rings (SSSR count). The van der Waals surface area contributed by atoms with Gasteiger partial charge in [-0.1, -0.05) is 35.1 Å². The van der Waals surface area contributed by atoms with E-state index < -0.39 is 5.91 Å². The fraction of sp³-hybridized carbons (Fsp3) is 0.250. The van der Waals surface area contributed by atoms with Crippen LogP contribution in [0.15, 0.2) is 47.5 Å². The van der Waals surface area contributed by atoms with Crippen molar-refractivity contribution < 1.29 is 19.1 Å². The number of hydrogen-bond donors (Lipinski definition) is 0. The van der Waals surface area contributed by atoms with Gasteiger partial charge in [0.15, 0.2) is 4.80 Å². The molecule has 28 heavy (non-hydrogen) atoms. The molecule has 0 saturated carbocycles. The van der Waals surface area contributed by atoms with E-state index in [1.807, 2.05) is 22.8 Å². The molecule has 146 valence electrons. The summed E-state index contributed by atoms with van der Waals surface area (Å²) in [5.74, 6) is -0.0319. The van der Waals surface area contributed by atoms with Crippen molar-refractivity contribution in [2.24, 2.45) is 4.99 Å². The number of methoxy groups -OCH3 is 1. The van der Waals surface area contributed by atoms with E-state index in [9.17, 15) is 9.59 Å². The molecule has 6 nitrogen and oxygen atoms in total. The van der Waals surface area contributed by atoms with Crippen LogP contribution in [0.3, 0.4) is 0 Å². The summed E-state index contributed by atoms with van der Waals surface area (Å²) in [4.78, 5) is 29.2. The number of carbonyl (C=O) groups excluding carboxylic acids is 2. The maximum absolute atomic E-state index is 12.7. The second kappa shape index (κ2) is 9.03. The summed E-state index contributed by atoms with van der Waals surface area (Å²) < 4.78 is 13.0. The molecule has 0 aliphatic heterocycles. The minimum absolute atomic E-state index is 0.180. The fourth-order valence-electron chi connectivity index (χ4n) is 2.70. The van der Waals surface area contributed by atoms with Crippen LogP contribution in [0.1, 0.15) is 23.7 Å². The van der Waals surface area contributed by atoms with E-state index in [0.717, 1.165) is 10.2 Å². The highest BCUT2D eigenvalue weighted by molar-refractivity contribution is 7.16. The minimum atomic E-state index is -0.436. The summed E-state index contributed by atoms with van der Waals surface area (Å²) >= 11 is 7.47. The number of aromatic nitrogens is 1. The van der Waals surface area contributed by atoms with Crippen LogP contribution in [0.2, 0.25) is 5.02 Å². The first kappa shape index (κ1) is 20.1. The van der Waals surface area contributed by atoms with Gasteiger partial charge in [0.05, 0.1) is 40.9 Å². The highest BCUT2D eigenvalue weighted by atomic mass is 35.5. The molecule has 1 heterocycles. The molecule has 3 aromatic rings. The lowest BCUT2D eigenvalue weighted by Crippen LogP contribution is -2.19. The number of rotatable bonds is 6. The average Bonchev–Trinajstić information content (AvgIpc) is 3.02. The Morgan fingerprint density at radius 1 is 1.21 bits per heavy atom. The molecule has 0 aliphatic carbocycles. The molecule has 0 atom stereocenters. The van der Waals surface area contributed by atoms with Crippen molar-refractivity contribution in [3.63, 3.8) is 0 Å². The summed E-state index contributed by atoms with van der Waals surface area (Å²) in [5.41, 5.74) is 1.19. The third-order valence-electron chi connectivity index (χ3n) is 4.04. The van der Waals surface area contributed by atoms with Gasteiger partial charge < -0.3 is 14.0 Å². The fourth-order valence-corrected chi connectivity index (χ4v) is 4.00. The number of fused-ring (bicyclic) bond motifs is 1. The topological polar surface area (TPSA) is 69.9 Å². The molecule has 0 aliphatic rings. The highest BCUT2D eigenvalue weighted by Gasteiger charge is 2.13. The van der Waals surface area contributed by atoms with Crippen LogP contribution < -0.4 is 9.54 Å². The predicted octanol–water partition coefficient (Wildman–Crippen LogP) is 4.06. The number of halogens is 1. The molecule has 1 aromatic heterocycles. The molecule has 0 unspecified atom stereocenters. The lowest BCUT2D eigenvalue weighted by atomic mass is 10.2. The summed E-state index contributed by atoms with van der Waals surface area (Å²) in [6.45, 7) is 2.44. The van der Waals surface area contributed by atoms with E-state index in [0.29, 0.717) is 34.3 Å². The zero-order chi connectivity index (χ0) is 20.1. The van der Waals surface area contributed by atoms with Gasteiger partial charge in [-0.3, -0.25) is 9.59 Å². The quantitative estimate of drug-likeness (QED) is 0.566. The number of hydrogen-bond acceptors (Lipinski definition) is 5. The van der Waals surface area contributed by atoms with Crippen molar-refractivity contribution in [2.75, 3.05) is 13.7 Å². The summed E-state index contributed by atoms with van der Waals surface area (Å²) in [6.07, 6.45) is 0.180. The van der Waals surface area contributed by atoms with Gasteiger partial charge in [-0.05, 0) is 37.3 Å². The third kappa shape index (κ3) is 4.43. The molecule has 8 heteroatoms. The molecular formula is C20H19ClN2O4S. The zero-order valence-corrected chi connectivity index (χ0v) is 17.0. The molecule has 0 bridgehead atoms. The Labute approximate surface area is 171 Å². The van der Waals surface area contributed by atoms with Gasteiger partial charge >= 0.3 is 5.97 Å². The van der Waals surface area contributed by atoms with Gasteiger partial charge in [0, 0.05) is 6.54 Å². The van der Waals surface area contributed by atoms with E-state index in [-0.39, 0.29) is 12.4 Å². The second-order valence-corrected chi connectivity index (χ2v) is 7.24. The number of aryl methyl sites for hydroxylation is 1. The SMILES string of the molecule is CCOC(=O)CCn1c(=NC(=O)c2ccccc2Cl)sc2cc(OC)ccc21. The van der Waals surface area contributed by atoms with Gasteiger partial charge in [-0.25, -0.2) is 0 Å². The largest absolute Gasteiger partial charge is 0.497 e. The monoisotopic (exact) mass is 418 g/mol. The Bertz CT molecular complexity index is 1090. The summed E-state index contributed by atoms with van der Waals surface area (Å²) in [5, 5.41) is 0.345. The van der Waals surface area contributed by atoms with Crippen molar-refractivity contribution in [1.82, 2.24) is 4.57 Å². The minimum Gasteiger partial charge on any atom is -0.497 e. The maximum Gasteiger partial charge on any atom is 0.307 e. The van der Waals surface area contributed by atoms with E-state index in [1.165, 1.54) is 11.3 Å². The number of esters is 1. The van der Waals surface area contributed by atoms with E-state index >= 15 is 0 Å². The Hall–Kier alpha value is -2.64. The van der Waals surface area contributed by atoms with E-state index in [1.54, 1.807) is 38.3 Å². The molecule has 0 saturated heterocycles. The van der Waals surface area contributed by atoms with E-state index in [2.05, 4.69) is 4.99 Å². The Morgan fingerprint density at radius 2 is 2.00 bits per heavy atom. The smallest absolute Gasteiger partial charge is 0.307 e. The molecule has 0 spiro atoms. The van der Waals surface area contributed by atoms with Crippen LogP contribution in [-0.2, 0) is 16.1 Å². The van der Waals surface area contributed by atoms with Gasteiger partial charge in [-0.2, -0.15) is 4.99 Å². The molecule has 0 N–H and O–H groups in total. The first-order chi connectivity index (χ1) is 13.5. The second-order valence-electron chi connectivity index (χ2n) is 5.82. The van der Waals surface area contributed by atoms with Crippen LogP contribution in [0.5, 0.6) is 5.75 Å². The van der Waals surface area contributed by atoms with Crippen molar-refractivity contribution in [3.8, 4) is 5.75 Å². The maximum atomic E-state index is 12.7. The first-order valence-electron chi connectivity index (χ1n) is 8.70. The zero-order valence-electron chi connectivity index (χ0n) is 15.5. The summed E-state index contributed by atoms with van der Waals surface area (Å²) in [6, 6.07) is 12.4. The molecule has 2 aromatic carbocycles. The first-order valence-corrected chi connectivity index (χ1v) is 9.89. The molecule has 1 amide bonds. The van der Waals surface area contributed by atoms with Gasteiger partial charge in [0.2, 0.25) is 0 Å². The number of nitrogens with zero attached hydrogens (tertiary/aromatic N) is 2. The molecule has 0 fully saturated rings. The van der Waals surface area contributed by atoms with Crippen LogP contribution in [0, 0.1) is 0 Å².